The minimum absolute atomic E-state index is 0.0739. The second kappa shape index (κ2) is 6.45. The molecule has 1 aromatic rings. The fraction of sp³-hybridized carbons (Fsp3) is 0.562. The van der Waals surface area contributed by atoms with Gasteiger partial charge in [0.1, 0.15) is 0 Å². The van der Waals surface area contributed by atoms with Gasteiger partial charge >= 0.3 is 6.03 Å². The van der Waals surface area contributed by atoms with Gasteiger partial charge in [0.05, 0.1) is 30.9 Å². The molecule has 0 spiro atoms. The first-order valence-corrected chi connectivity index (χ1v) is 7.62. The number of nitrogens with one attached hydrogen (secondary N) is 2. The van der Waals surface area contributed by atoms with Crippen molar-refractivity contribution in [2.24, 2.45) is 0 Å². The summed E-state index contributed by atoms with van der Waals surface area (Å²) in [6, 6.07) is 9.47. The summed E-state index contributed by atoms with van der Waals surface area (Å²) in [5.41, 5.74) is 1.10. The van der Waals surface area contributed by atoms with E-state index < -0.39 is 0 Å². The monoisotopic (exact) mass is 290 g/mol. The van der Waals surface area contributed by atoms with Gasteiger partial charge in [0.25, 0.3) is 0 Å². The fourth-order valence-corrected chi connectivity index (χ4v) is 3.25. The third-order valence-corrected chi connectivity index (χ3v) is 4.30. The molecule has 4 atom stereocenters. The van der Waals surface area contributed by atoms with Crippen molar-refractivity contribution in [3.8, 4) is 0 Å². The van der Waals surface area contributed by atoms with Gasteiger partial charge in [-0.2, -0.15) is 0 Å². The van der Waals surface area contributed by atoms with E-state index in [1.807, 2.05) is 30.3 Å². The Morgan fingerprint density at radius 1 is 1.33 bits per heavy atom. The van der Waals surface area contributed by atoms with E-state index in [0.29, 0.717) is 12.5 Å². The SMILES string of the molecule is O=C(N[C@H](CO)Cc1ccccc1)N[C@H]1C[C@H]2CC[C@H]1O2. The van der Waals surface area contributed by atoms with Crippen LogP contribution in [0.4, 0.5) is 4.79 Å². The zero-order chi connectivity index (χ0) is 14.7. The molecule has 0 radical (unpaired) electrons. The Morgan fingerprint density at radius 3 is 2.76 bits per heavy atom. The van der Waals surface area contributed by atoms with Crippen LogP contribution in [0.3, 0.4) is 0 Å². The Bertz CT molecular complexity index is 480. The lowest BCUT2D eigenvalue weighted by Crippen LogP contribution is -2.50. The van der Waals surface area contributed by atoms with Crippen LogP contribution in [0, 0.1) is 0 Å². The van der Waals surface area contributed by atoms with Gasteiger partial charge in [-0.1, -0.05) is 30.3 Å². The van der Waals surface area contributed by atoms with Crippen LogP contribution in [-0.4, -0.2) is 42.0 Å². The van der Waals surface area contributed by atoms with Crippen molar-refractivity contribution in [2.45, 2.75) is 50.0 Å². The number of hydrogen-bond acceptors (Lipinski definition) is 3. The van der Waals surface area contributed by atoms with Crippen molar-refractivity contribution in [2.75, 3.05) is 6.61 Å². The Labute approximate surface area is 124 Å². The zero-order valence-electron chi connectivity index (χ0n) is 12.0. The third-order valence-electron chi connectivity index (χ3n) is 4.30. The van der Waals surface area contributed by atoms with E-state index in [0.717, 1.165) is 24.8 Å². The number of benzene rings is 1. The van der Waals surface area contributed by atoms with E-state index in [2.05, 4.69) is 10.6 Å². The van der Waals surface area contributed by atoms with Crippen molar-refractivity contribution in [3.05, 3.63) is 35.9 Å². The molecular formula is C16H22N2O3. The number of ether oxygens (including phenoxy) is 1. The molecule has 1 aromatic carbocycles. The topological polar surface area (TPSA) is 70.6 Å². The van der Waals surface area contributed by atoms with Gasteiger partial charge in [-0.25, -0.2) is 4.79 Å². The molecule has 2 fully saturated rings. The van der Waals surface area contributed by atoms with Crippen LogP contribution in [0.1, 0.15) is 24.8 Å². The average molecular weight is 290 g/mol. The van der Waals surface area contributed by atoms with Gasteiger partial charge < -0.3 is 20.5 Å². The van der Waals surface area contributed by atoms with Crippen molar-refractivity contribution in [1.82, 2.24) is 10.6 Å². The van der Waals surface area contributed by atoms with Crippen LogP contribution in [0.25, 0.3) is 0 Å². The van der Waals surface area contributed by atoms with E-state index in [4.69, 9.17) is 4.74 Å². The first kappa shape index (κ1) is 14.4. The standard InChI is InChI=1S/C16H22N2O3/c19-10-12(8-11-4-2-1-3-5-11)17-16(20)18-14-9-13-6-7-15(14)21-13/h1-5,12-15,19H,6-10H2,(H2,17,18,20)/t12-,13+,14-,15+/m0/s1. The number of aliphatic hydroxyl groups excluding tert-OH is 1. The number of hydrogen-bond donors (Lipinski definition) is 3. The summed E-state index contributed by atoms with van der Waals surface area (Å²) in [7, 11) is 0. The molecule has 2 aliphatic heterocycles. The highest BCUT2D eigenvalue weighted by atomic mass is 16.5. The second-order valence-electron chi connectivity index (χ2n) is 5.90. The van der Waals surface area contributed by atoms with E-state index in [-0.39, 0.29) is 30.8 Å². The molecule has 0 saturated carbocycles. The predicted octanol–water partition coefficient (Wildman–Crippen LogP) is 1.21. The van der Waals surface area contributed by atoms with Crippen molar-refractivity contribution < 1.29 is 14.6 Å². The number of fused-ring (bicyclic) bond motifs is 2. The van der Waals surface area contributed by atoms with Gasteiger partial charge in [-0.3, -0.25) is 0 Å². The molecule has 5 heteroatoms. The molecule has 2 amide bonds. The lowest BCUT2D eigenvalue weighted by molar-refractivity contribution is 0.0979. The number of carbonyl (C=O) groups excluding carboxylic acids is 1. The molecule has 21 heavy (non-hydrogen) atoms. The summed E-state index contributed by atoms with van der Waals surface area (Å²) in [5, 5.41) is 15.3. The van der Waals surface area contributed by atoms with E-state index in [9.17, 15) is 9.90 Å². The first-order valence-electron chi connectivity index (χ1n) is 7.62. The molecule has 2 aliphatic rings. The van der Waals surface area contributed by atoms with Crippen molar-refractivity contribution in [1.29, 1.82) is 0 Å². The van der Waals surface area contributed by atoms with Crippen LogP contribution >= 0.6 is 0 Å². The van der Waals surface area contributed by atoms with Gasteiger partial charge in [-0.05, 0) is 31.2 Å². The molecule has 2 heterocycles. The zero-order valence-corrected chi connectivity index (χ0v) is 12.0. The minimum atomic E-state index is -0.271. The van der Waals surface area contributed by atoms with Crippen LogP contribution in [-0.2, 0) is 11.2 Å². The molecule has 114 valence electrons. The maximum Gasteiger partial charge on any atom is 0.315 e. The molecule has 0 aromatic heterocycles. The highest BCUT2D eigenvalue weighted by Crippen LogP contribution is 2.34. The predicted molar refractivity (Wildman–Crippen MR) is 79.0 cm³/mol. The number of carbonyl (C=O) groups is 1. The van der Waals surface area contributed by atoms with Crippen LogP contribution in [0.2, 0.25) is 0 Å². The van der Waals surface area contributed by atoms with E-state index in [1.54, 1.807) is 0 Å². The quantitative estimate of drug-likeness (QED) is 0.763. The smallest absolute Gasteiger partial charge is 0.315 e. The number of urea groups is 1. The summed E-state index contributed by atoms with van der Waals surface area (Å²) < 4.78 is 5.72. The molecule has 0 unspecified atom stereocenters. The lowest BCUT2D eigenvalue weighted by Gasteiger charge is -2.23. The highest BCUT2D eigenvalue weighted by molar-refractivity contribution is 5.74. The third kappa shape index (κ3) is 3.54. The van der Waals surface area contributed by atoms with E-state index in [1.165, 1.54) is 0 Å². The van der Waals surface area contributed by atoms with Crippen molar-refractivity contribution in [3.63, 3.8) is 0 Å². The summed E-state index contributed by atoms with van der Waals surface area (Å²) in [6.07, 6.45) is 4.15. The van der Waals surface area contributed by atoms with Gasteiger partial charge in [0.2, 0.25) is 0 Å². The fourth-order valence-electron chi connectivity index (χ4n) is 3.25. The lowest BCUT2D eigenvalue weighted by atomic mass is 9.96. The summed E-state index contributed by atoms with van der Waals surface area (Å²) in [4.78, 5) is 12.0. The molecular weight excluding hydrogens is 268 g/mol. The Morgan fingerprint density at radius 2 is 2.14 bits per heavy atom. The summed E-state index contributed by atoms with van der Waals surface area (Å²) in [6.45, 7) is -0.0739. The first-order chi connectivity index (χ1) is 10.2. The van der Waals surface area contributed by atoms with Crippen LogP contribution in [0.15, 0.2) is 30.3 Å². The minimum Gasteiger partial charge on any atom is -0.394 e. The summed E-state index contributed by atoms with van der Waals surface area (Å²) >= 11 is 0. The molecule has 3 N–H and O–H groups in total. The van der Waals surface area contributed by atoms with Crippen molar-refractivity contribution >= 4 is 6.03 Å². The summed E-state index contributed by atoms with van der Waals surface area (Å²) in [5.74, 6) is 0. The molecule has 3 rings (SSSR count). The Kier molecular flexibility index (Phi) is 4.41. The maximum atomic E-state index is 12.0. The van der Waals surface area contributed by atoms with E-state index >= 15 is 0 Å². The molecule has 5 nitrogen and oxygen atoms in total. The Balaban J connectivity index is 1.48. The second-order valence-corrected chi connectivity index (χ2v) is 5.90. The van der Waals surface area contributed by atoms with Crippen LogP contribution in [0.5, 0.6) is 0 Å². The Hall–Kier alpha value is -1.59. The normalized spacial score (nSPS) is 28.3. The molecule has 0 aliphatic carbocycles. The number of amides is 2. The van der Waals surface area contributed by atoms with Gasteiger partial charge in [-0.15, -0.1) is 0 Å². The molecule has 2 saturated heterocycles. The average Bonchev–Trinajstić information content (AvgIpc) is 3.10. The largest absolute Gasteiger partial charge is 0.394 e. The maximum absolute atomic E-state index is 12.0. The van der Waals surface area contributed by atoms with Gasteiger partial charge in [0.15, 0.2) is 0 Å². The molecule has 2 bridgehead atoms. The number of aliphatic hydroxyl groups is 1. The number of rotatable bonds is 5. The van der Waals surface area contributed by atoms with Gasteiger partial charge in [0, 0.05) is 0 Å². The van der Waals surface area contributed by atoms with Crippen LogP contribution < -0.4 is 10.6 Å². The highest BCUT2D eigenvalue weighted by Gasteiger charge is 2.41.